The van der Waals surface area contributed by atoms with Crippen molar-refractivity contribution in [3.63, 3.8) is 0 Å². The number of aliphatic hydroxyl groups excluding tert-OH is 21. The molecule has 5 amide bonds. The lowest BCUT2D eigenvalue weighted by Gasteiger charge is -2.50. The number of hydrogen-bond acceptors (Lipinski definition) is 41. The van der Waals surface area contributed by atoms with Gasteiger partial charge in [0.2, 0.25) is 23.6 Å². The molecule has 0 aliphatic carbocycles. The fourth-order valence-corrected chi connectivity index (χ4v) is 13.5. The molecule has 1 aromatic carbocycles. The summed E-state index contributed by atoms with van der Waals surface area (Å²) in [6.07, 6.45) is -71.9. The number of para-hydroxylation sites is 1. The van der Waals surface area contributed by atoms with Crippen LogP contribution in [0.3, 0.4) is 0 Å². The molecule has 109 heavy (non-hydrogen) atoms. The van der Waals surface area contributed by atoms with Crippen molar-refractivity contribution in [2.45, 2.75) is 274 Å². The molecular weight excluding hydrogens is 1480 g/mol. The summed E-state index contributed by atoms with van der Waals surface area (Å²) < 4.78 is 83.4. The third kappa shape index (κ3) is 21.1. The number of hydrogen-bond donors (Lipinski definition) is 27. The molecule has 0 bridgehead atoms. The lowest BCUT2D eigenvalue weighted by Crippen LogP contribution is -2.70. The first-order chi connectivity index (χ1) is 51.5. The van der Waals surface area contributed by atoms with E-state index < -0.39 is 321 Å². The van der Waals surface area contributed by atoms with Crippen LogP contribution >= 0.6 is 0 Å². The molecule has 0 spiro atoms. The number of benzene rings is 1. The topological polar surface area (TPSA) is 726 Å². The SMILES string of the molecule is CC(=O)NC(CNc1ccccc1C(N)=O)C(O)C(OC1OC(CO)C(OC2OC(COC3OC(CO)C(O)C(O)C3OC3OC(CO)C(O)C(O)C3NC(C)=O)C(O)C(OC3OC(CO)C(O)C(O)C3OC3OC(CO)C(O)C(O)C3NC(C)=O)C2O)C(O)C1NC(C)=O)C(O)COC1OC(C)C(O)C(O)C1O. The lowest BCUT2D eigenvalue weighted by molar-refractivity contribution is -0.395. The van der Waals surface area contributed by atoms with Crippen molar-refractivity contribution in [2.75, 3.05) is 58.1 Å². The Balaban J connectivity index is 1.16. The summed E-state index contributed by atoms with van der Waals surface area (Å²) >= 11 is 0. The summed E-state index contributed by atoms with van der Waals surface area (Å²) in [5, 5.41) is 248. The van der Waals surface area contributed by atoms with E-state index in [1.807, 2.05) is 0 Å². The van der Waals surface area contributed by atoms with Gasteiger partial charge in [0.15, 0.2) is 44.0 Å². The Bertz CT molecular complexity index is 3080. The quantitative estimate of drug-likeness (QED) is 0.0318. The van der Waals surface area contributed by atoms with Crippen LogP contribution in [0.25, 0.3) is 0 Å². The van der Waals surface area contributed by atoms with Crippen LogP contribution < -0.4 is 32.3 Å². The van der Waals surface area contributed by atoms with Crippen LogP contribution in [0, 0.1) is 0 Å². The fraction of sp³-hybridized carbons (Fsp3) is 0.825. The summed E-state index contributed by atoms with van der Waals surface area (Å²) in [7, 11) is 0. The van der Waals surface area contributed by atoms with Crippen LogP contribution in [0.5, 0.6) is 0 Å². The highest BCUT2D eigenvalue weighted by Gasteiger charge is 2.59. The standard InChI is InChI=1S/C63H102N6O40/c1-18-36(80)46(90)49(93)60(98-18)96-16-26(79)51(37(81)25(66-19(2)75)10-65-24-9-7-6-8-23(24)56(64)95)105-59-35(69-22(5)78)45(89)52(31(15-74)103-59)106-61-50(94)53(107-63-55(48(92)41(85)30(14-73)102-63)109-58-34(68-21(4)77)44(88)39(83)28(12-71)100-58)42(86)32(104-61)17-97-62-54(47(91)40(84)29(13-72)101-62)108-57-33(67-20(3)76)43(87)38(82)27(11-70)99-57/h6-9,18,25-55,57-63,65,70-74,79-94H,10-17H2,1-5H3,(H2,64,95)(H,66,75)(H,67,76)(H,68,77)(H,69,78). The van der Waals surface area contributed by atoms with Gasteiger partial charge < -0.3 is 206 Å². The number of nitrogens with two attached hydrogens (primary N) is 1. The monoisotopic (exact) mass is 1580 g/mol. The summed E-state index contributed by atoms with van der Waals surface area (Å²) in [5.41, 5.74) is 5.62. The van der Waals surface area contributed by atoms with E-state index in [-0.39, 0.29) is 11.3 Å². The van der Waals surface area contributed by atoms with E-state index in [4.69, 9.17) is 72.0 Å². The van der Waals surface area contributed by atoms with Gasteiger partial charge in [-0.25, -0.2) is 0 Å². The average molecular weight is 1580 g/mol. The third-order valence-corrected chi connectivity index (χ3v) is 19.4. The number of carbonyl (C=O) groups is 5. The minimum Gasteiger partial charge on any atom is -0.394 e. The second-order valence-corrected chi connectivity index (χ2v) is 27.3. The molecule has 7 aliphatic rings. The van der Waals surface area contributed by atoms with Crippen molar-refractivity contribution in [3.8, 4) is 0 Å². The predicted octanol–water partition coefficient (Wildman–Crippen LogP) is -16.0. The molecule has 28 N–H and O–H groups in total. The maximum atomic E-state index is 13.3. The maximum Gasteiger partial charge on any atom is 0.250 e. The normalized spacial score (nSPS) is 42.5. The van der Waals surface area contributed by atoms with Gasteiger partial charge >= 0.3 is 0 Å². The van der Waals surface area contributed by atoms with Gasteiger partial charge in [0.25, 0.3) is 5.91 Å². The zero-order valence-electron chi connectivity index (χ0n) is 59.2. The van der Waals surface area contributed by atoms with Gasteiger partial charge in [0, 0.05) is 39.9 Å². The van der Waals surface area contributed by atoms with Crippen molar-refractivity contribution in [1.29, 1.82) is 0 Å². The van der Waals surface area contributed by atoms with Gasteiger partial charge in [-0.05, 0) is 19.1 Å². The molecular formula is C63H102N6O40. The van der Waals surface area contributed by atoms with Crippen molar-refractivity contribution in [1.82, 2.24) is 21.3 Å². The minimum atomic E-state index is -2.54. The van der Waals surface area contributed by atoms with Crippen LogP contribution in [0.1, 0.15) is 45.0 Å². The summed E-state index contributed by atoms with van der Waals surface area (Å²) in [5.74, 6) is -4.40. The van der Waals surface area contributed by atoms with Gasteiger partial charge in [-0.3, -0.25) is 24.0 Å². The first-order valence-electron chi connectivity index (χ1n) is 34.7. The molecule has 0 aromatic heterocycles. The highest BCUT2D eigenvalue weighted by molar-refractivity contribution is 5.98. The number of anilines is 1. The number of ether oxygens (including phenoxy) is 14. The van der Waals surface area contributed by atoms with Gasteiger partial charge in [-0.1, -0.05) is 12.1 Å². The van der Waals surface area contributed by atoms with E-state index in [0.717, 1.165) is 27.7 Å². The number of amides is 5. The number of aliphatic hydroxyl groups is 21. The van der Waals surface area contributed by atoms with E-state index in [9.17, 15) is 131 Å². The van der Waals surface area contributed by atoms with Crippen molar-refractivity contribution >= 4 is 35.2 Å². The van der Waals surface area contributed by atoms with E-state index >= 15 is 0 Å². The summed E-state index contributed by atoms with van der Waals surface area (Å²) in [6.45, 7) is -2.88. The van der Waals surface area contributed by atoms with Crippen molar-refractivity contribution < 1.29 is 198 Å². The highest BCUT2D eigenvalue weighted by atomic mass is 16.8. The molecule has 624 valence electrons. The number of nitrogens with one attached hydrogen (secondary N) is 5. The second-order valence-electron chi connectivity index (χ2n) is 27.3. The Morgan fingerprint density at radius 1 is 0.431 bits per heavy atom. The first-order valence-corrected chi connectivity index (χ1v) is 34.7. The van der Waals surface area contributed by atoms with Gasteiger partial charge in [0.1, 0.15) is 183 Å². The predicted molar refractivity (Wildman–Crippen MR) is 348 cm³/mol. The number of carbonyl (C=O) groups excluding carboxylic acids is 5. The fourth-order valence-electron chi connectivity index (χ4n) is 13.5. The second kappa shape index (κ2) is 39.8. The van der Waals surface area contributed by atoms with Crippen molar-refractivity contribution in [3.05, 3.63) is 29.8 Å². The Morgan fingerprint density at radius 3 is 1.37 bits per heavy atom. The van der Waals surface area contributed by atoms with E-state index in [2.05, 4.69) is 26.6 Å². The van der Waals surface area contributed by atoms with Crippen LogP contribution in [0.2, 0.25) is 0 Å². The Labute approximate surface area is 619 Å². The summed E-state index contributed by atoms with van der Waals surface area (Å²) in [4.78, 5) is 63.5. The maximum absolute atomic E-state index is 13.3. The molecule has 39 atom stereocenters. The molecule has 39 unspecified atom stereocenters. The highest BCUT2D eigenvalue weighted by Crippen LogP contribution is 2.38. The van der Waals surface area contributed by atoms with Gasteiger partial charge in [0.05, 0.1) is 64.0 Å². The molecule has 8 rings (SSSR count). The van der Waals surface area contributed by atoms with E-state index in [0.29, 0.717) is 0 Å². The Hall–Kier alpha value is -5.03. The molecule has 0 saturated carbocycles. The molecule has 46 nitrogen and oxygen atoms in total. The van der Waals surface area contributed by atoms with Crippen LogP contribution in [0.4, 0.5) is 5.69 Å². The van der Waals surface area contributed by atoms with Gasteiger partial charge in [-0.15, -0.1) is 0 Å². The number of primary amides is 1. The molecule has 0 radical (unpaired) electrons. The first kappa shape index (κ1) is 89.5. The number of rotatable bonds is 32. The third-order valence-electron chi connectivity index (χ3n) is 19.4. The Morgan fingerprint density at radius 2 is 0.872 bits per heavy atom. The molecule has 7 saturated heterocycles. The smallest absolute Gasteiger partial charge is 0.250 e. The molecule has 7 heterocycles. The lowest BCUT2D eigenvalue weighted by atomic mass is 9.94. The van der Waals surface area contributed by atoms with E-state index in [1.165, 1.54) is 31.2 Å². The van der Waals surface area contributed by atoms with Crippen LogP contribution in [-0.2, 0) is 85.5 Å². The Kier molecular flexibility index (Phi) is 32.7. The summed E-state index contributed by atoms with van der Waals surface area (Å²) in [6, 6.07) is -1.40. The minimum absolute atomic E-state index is 0.0565. The molecule has 1 aromatic rings. The molecule has 7 aliphatic heterocycles. The van der Waals surface area contributed by atoms with Gasteiger partial charge in [-0.2, -0.15) is 0 Å². The van der Waals surface area contributed by atoms with Crippen molar-refractivity contribution in [2.24, 2.45) is 5.73 Å². The largest absolute Gasteiger partial charge is 0.394 e. The molecule has 46 heteroatoms. The molecule has 7 fully saturated rings. The zero-order chi connectivity index (χ0) is 80.5. The average Bonchev–Trinajstić information content (AvgIpc) is 0.770. The zero-order valence-corrected chi connectivity index (χ0v) is 59.2. The van der Waals surface area contributed by atoms with Crippen LogP contribution in [0.15, 0.2) is 24.3 Å². The van der Waals surface area contributed by atoms with E-state index in [1.54, 1.807) is 0 Å². The van der Waals surface area contributed by atoms with Crippen LogP contribution in [-0.4, -0.2) is 429 Å².